The molecule has 1 atom stereocenters. The number of amides is 1. The SMILES string of the molecule is COC(CNCc1ccc(C(F)(F)F)cc1)COc1ccccc1NC(C)=O. The number of carbonyl (C=O) groups excluding carboxylic acids is 1. The van der Waals surface area contributed by atoms with Gasteiger partial charge in [0.1, 0.15) is 18.5 Å². The molecule has 2 aromatic carbocycles. The maximum absolute atomic E-state index is 12.6. The van der Waals surface area contributed by atoms with Gasteiger partial charge in [0.2, 0.25) is 5.91 Å². The van der Waals surface area contributed by atoms with Gasteiger partial charge in [0.25, 0.3) is 0 Å². The van der Waals surface area contributed by atoms with Crippen molar-refractivity contribution in [3.63, 3.8) is 0 Å². The van der Waals surface area contributed by atoms with Gasteiger partial charge in [-0.3, -0.25) is 4.79 Å². The van der Waals surface area contributed by atoms with Gasteiger partial charge in [-0.05, 0) is 29.8 Å². The molecule has 2 N–H and O–H groups in total. The molecule has 5 nitrogen and oxygen atoms in total. The minimum absolute atomic E-state index is 0.197. The van der Waals surface area contributed by atoms with Gasteiger partial charge < -0.3 is 20.1 Å². The summed E-state index contributed by atoms with van der Waals surface area (Å²) >= 11 is 0. The third-order valence-electron chi connectivity index (χ3n) is 3.94. The molecule has 0 saturated carbocycles. The average Bonchev–Trinajstić information content (AvgIpc) is 2.65. The Kier molecular flexibility index (Phi) is 7.83. The van der Waals surface area contributed by atoms with E-state index < -0.39 is 11.7 Å². The number of rotatable bonds is 9. The van der Waals surface area contributed by atoms with Crippen LogP contribution in [0.25, 0.3) is 0 Å². The number of alkyl halides is 3. The molecule has 2 rings (SSSR count). The summed E-state index contributed by atoms with van der Waals surface area (Å²) in [5.74, 6) is 0.333. The summed E-state index contributed by atoms with van der Waals surface area (Å²) in [6, 6.07) is 12.1. The van der Waals surface area contributed by atoms with E-state index >= 15 is 0 Å². The number of hydrogen-bond acceptors (Lipinski definition) is 4. The topological polar surface area (TPSA) is 59.6 Å². The van der Waals surface area contributed by atoms with Crippen LogP contribution >= 0.6 is 0 Å². The van der Waals surface area contributed by atoms with Crippen LogP contribution in [-0.4, -0.2) is 32.3 Å². The molecular formula is C20H23F3N2O3. The van der Waals surface area contributed by atoms with E-state index in [2.05, 4.69) is 10.6 Å². The first-order valence-electron chi connectivity index (χ1n) is 8.68. The van der Waals surface area contributed by atoms with Gasteiger partial charge in [-0.15, -0.1) is 0 Å². The van der Waals surface area contributed by atoms with Gasteiger partial charge in [0.15, 0.2) is 0 Å². The number of benzene rings is 2. The van der Waals surface area contributed by atoms with Gasteiger partial charge in [0.05, 0.1) is 11.3 Å². The predicted molar refractivity (Wildman–Crippen MR) is 100 cm³/mol. The zero-order valence-electron chi connectivity index (χ0n) is 15.7. The number of nitrogens with one attached hydrogen (secondary N) is 2. The van der Waals surface area contributed by atoms with Crippen molar-refractivity contribution < 1.29 is 27.4 Å². The first-order valence-corrected chi connectivity index (χ1v) is 8.68. The Morgan fingerprint density at radius 2 is 1.79 bits per heavy atom. The van der Waals surface area contributed by atoms with E-state index in [9.17, 15) is 18.0 Å². The molecule has 0 heterocycles. The molecular weight excluding hydrogens is 373 g/mol. The van der Waals surface area contributed by atoms with Gasteiger partial charge in [-0.25, -0.2) is 0 Å². The van der Waals surface area contributed by atoms with Crippen molar-refractivity contribution in [1.82, 2.24) is 5.32 Å². The average molecular weight is 396 g/mol. The summed E-state index contributed by atoms with van der Waals surface area (Å²) in [6.07, 6.45) is -4.61. The van der Waals surface area contributed by atoms with E-state index in [4.69, 9.17) is 9.47 Å². The standard InChI is InChI=1S/C20H23F3N2O3/c1-14(26)25-18-5-3-4-6-19(18)28-13-17(27-2)12-24-11-15-7-9-16(10-8-15)20(21,22)23/h3-10,17,24H,11-13H2,1-2H3,(H,25,26). The highest BCUT2D eigenvalue weighted by atomic mass is 19.4. The number of para-hydroxylation sites is 2. The summed E-state index contributed by atoms with van der Waals surface area (Å²) in [7, 11) is 1.55. The minimum atomic E-state index is -4.34. The lowest BCUT2D eigenvalue weighted by Gasteiger charge is -2.18. The number of halogens is 3. The second-order valence-corrected chi connectivity index (χ2v) is 6.17. The van der Waals surface area contributed by atoms with Crippen LogP contribution in [0.15, 0.2) is 48.5 Å². The Labute approximate surface area is 161 Å². The second-order valence-electron chi connectivity index (χ2n) is 6.17. The molecule has 0 aliphatic heterocycles. The molecule has 0 aliphatic rings. The molecule has 152 valence electrons. The zero-order valence-corrected chi connectivity index (χ0v) is 15.7. The Hall–Kier alpha value is -2.58. The number of ether oxygens (including phenoxy) is 2. The van der Waals surface area contributed by atoms with Crippen LogP contribution < -0.4 is 15.4 Å². The van der Waals surface area contributed by atoms with E-state index in [0.717, 1.165) is 17.7 Å². The van der Waals surface area contributed by atoms with Crippen LogP contribution in [0.2, 0.25) is 0 Å². The molecule has 0 spiro atoms. The first kappa shape index (κ1) is 21.7. The Bertz CT molecular complexity index is 764. The highest BCUT2D eigenvalue weighted by Gasteiger charge is 2.29. The lowest BCUT2D eigenvalue weighted by Crippen LogP contribution is -2.33. The minimum Gasteiger partial charge on any atom is -0.489 e. The van der Waals surface area contributed by atoms with Crippen molar-refractivity contribution in [1.29, 1.82) is 0 Å². The molecule has 2 aromatic rings. The molecule has 0 saturated heterocycles. The highest BCUT2D eigenvalue weighted by Crippen LogP contribution is 2.29. The normalized spacial score (nSPS) is 12.5. The number of anilines is 1. The van der Waals surface area contributed by atoms with Crippen molar-refractivity contribution in [2.75, 3.05) is 25.6 Å². The number of hydrogen-bond donors (Lipinski definition) is 2. The second kappa shape index (κ2) is 10.1. The molecule has 28 heavy (non-hydrogen) atoms. The fourth-order valence-electron chi connectivity index (χ4n) is 2.47. The van der Waals surface area contributed by atoms with Gasteiger partial charge in [-0.1, -0.05) is 24.3 Å². The highest BCUT2D eigenvalue weighted by molar-refractivity contribution is 5.90. The van der Waals surface area contributed by atoms with E-state index in [-0.39, 0.29) is 18.6 Å². The Morgan fingerprint density at radius 3 is 2.39 bits per heavy atom. The Morgan fingerprint density at radius 1 is 1.11 bits per heavy atom. The molecule has 0 aliphatic carbocycles. The molecule has 0 aromatic heterocycles. The molecule has 0 radical (unpaired) electrons. The van der Waals surface area contributed by atoms with Crippen molar-refractivity contribution in [2.24, 2.45) is 0 Å². The third kappa shape index (κ3) is 6.86. The zero-order chi connectivity index (χ0) is 20.6. The molecule has 1 amide bonds. The van der Waals surface area contributed by atoms with Crippen LogP contribution in [0.5, 0.6) is 5.75 Å². The molecule has 0 bridgehead atoms. The Balaban J connectivity index is 1.83. The molecule has 0 fully saturated rings. The van der Waals surface area contributed by atoms with Crippen LogP contribution in [-0.2, 0) is 22.3 Å². The van der Waals surface area contributed by atoms with E-state index in [1.54, 1.807) is 31.4 Å². The quantitative estimate of drug-likeness (QED) is 0.676. The van der Waals surface area contributed by atoms with Crippen molar-refractivity contribution in [3.8, 4) is 5.75 Å². The van der Waals surface area contributed by atoms with Crippen LogP contribution in [0.4, 0.5) is 18.9 Å². The van der Waals surface area contributed by atoms with Crippen LogP contribution in [0.3, 0.4) is 0 Å². The summed E-state index contributed by atoms with van der Waals surface area (Å²) in [5.41, 5.74) is 0.639. The summed E-state index contributed by atoms with van der Waals surface area (Å²) < 4.78 is 48.8. The van der Waals surface area contributed by atoms with E-state index in [1.807, 2.05) is 0 Å². The van der Waals surface area contributed by atoms with E-state index in [0.29, 0.717) is 24.5 Å². The monoisotopic (exact) mass is 396 g/mol. The fraction of sp³-hybridized carbons (Fsp3) is 0.350. The van der Waals surface area contributed by atoms with Gasteiger partial charge in [0, 0.05) is 27.1 Å². The number of methoxy groups -OCH3 is 1. The van der Waals surface area contributed by atoms with Crippen molar-refractivity contribution in [3.05, 3.63) is 59.7 Å². The fourth-order valence-corrected chi connectivity index (χ4v) is 2.47. The third-order valence-corrected chi connectivity index (χ3v) is 3.94. The maximum atomic E-state index is 12.6. The van der Waals surface area contributed by atoms with Crippen LogP contribution in [0, 0.1) is 0 Å². The maximum Gasteiger partial charge on any atom is 0.416 e. The molecule has 1 unspecified atom stereocenters. The largest absolute Gasteiger partial charge is 0.489 e. The summed E-state index contributed by atoms with van der Waals surface area (Å²) in [6.45, 7) is 2.51. The smallest absolute Gasteiger partial charge is 0.416 e. The lowest BCUT2D eigenvalue weighted by atomic mass is 10.1. The van der Waals surface area contributed by atoms with Gasteiger partial charge >= 0.3 is 6.18 Å². The van der Waals surface area contributed by atoms with E-state index in [1.165, 1.54) is 19.1 Å². The molecule has 8 heteroatoms. The van der Waals surface area contributed by atoms with Crippen LogP contribution in [0.1, 0.15) is 18.1 Å². The van der Waals surface area contributed by atoms with Crippen molar-refractivity contribution >= 4 is 11.6 Å². The van der Waals surface area contributed by atoms with Crippen molar-refractivity contribution in [2.45, 2.75) is 25.7 Å². The summed E-state index contributed by atoms with van der Waals surface area (Å²) in [4.78, 5) is 11.2. The lowest BCUT2D eigenvalue weighted by molar-refractivity contribution is -0.137. The predicted octanol–water partition coefficient (Wildman–Crippen LogP) is 3.85. The first-order chi connectivity index (χ1) is 13.3. The van der Waals surface area contributed by atoms with Gasteiger partial charge in [-0.2, -0.15) is 13.2 Å². The number of carbonyl (C=O) groups is 1. The summed E-state index contributed by atoms with van der Waals surface area (Å²) in [5, 5.41) is 5.83.